The van der Waals surface area contributed by atoms with Gasteiger partial charge in [-0.3, -0.25) is 9.59 Å². The van der Waals surface area contributed by atoms with Crippen LogP contribution in [0.5, 0.6) is 0 Å². The number of amides is 2. The number of aromatic nitrogens is 1. The molecule has 35 heavy (non-hydrogen) atoms. The van der Waals surface area contributed by atoms with E-state index >= 15 is 0 Å². The number of carbonyl (C=O) groups is 3. The topological polar surface area (TPSA) is 97.4 Å². The van der Waals surface area contributed by atoms with E-state index in [1.54, 1.807) is 17.5 Å². The monoisotopic (exact) mass is 493 g/mol. The number of esters is 1. The molecule has 7 nitrogen and oxygen atoms in total. The molecule has 184 valence electrons. The van der Waals surface area contributed by atoms with Crippen molar-refractivity contribution >= 4 is 34.8 Å². The van der Waals surface area contributed by atoms with Crippen LogP contribution in [0.4, 0.5) is 5.69 Å². The number of benzene rings is 2. The first-order valence-electron chi connectivity index (χ1n) is 11.4. The van der Waals surface area contributed by atoms with Gasteiger partial charge in [-0.05, 0) is 41.2 Å². The van der Waals surface area contributed by atoms with Crippen LogP contribution in [0.15, 0.2) is 53.9 Å². The van der Waals surface area contributed by atoms with E-state index in [2.05, 4.69) is 36.4 Å². The molecule has 1 aromatic heterocycles. The van der Waals surface area contributed by atoms with E-state index in [1.165, 1.54) is 24.0 Å². The molecule has 1 unspecified atom stereocenters. The fourth-order valence-electron chi connectivity index (χ4n) is 3.39. The summed E-state index contributed by atoms with van der Waals surface area (Å²) in [5, 5.41) is 7.63. The predicted molar refractivity (Wildman–Crippen MR) is 139 cm³/mol. The lowest BCUT2D eigenvalue weighted by Gasteiger charge is -2.19. The quantitative estimate of drug-likeness (QED) is 0.436. The summed E-state index contributed by atoms with van der Waals surface area (Å²) in [5.41, 5.74) is 3.88. The number of rotatable bonds is 7. The number of methoxy groups -OCH3 is 1. The standard InChI is InChI=1S/C27H31N3O4S/c1-16(2)22(26(33)34-6)30-24(32)25-29-21(15-35-25)17-9-13-20(14-10-17)28-23(31)18-7-11-19(12-8-18)27(3,4)5/h7-16,22H,1-6H3,(H,28,31)(H,30,32). The SMILES string of the molecule is COC(=O)C(NC(=O)c1nc(-c2ccc(NC(=O)c3ccc(C(C)(C)C)cc3)cc2)cs1)C(C)C. The zero-order chi connectivity index (χ0) is 25.8. The third kappa shape index (κ3) is 6.54. The van der Waals surface area contributed by atoms with Crippen molar-refractivity contribution in [2.45, 2.75) is 46.1 Å². The Labute approximate surface area is 209 Å². The van der Waals surface area contributed by atoms with Crippen LogP contribution in [0.25, 0.3) is 11.3 Å². The minimum absolute atomic E-state index is 0.0263. The van der Waals surface area contributed by atoms with E-state index in [4.69, 9.17) is 4.74 Å². The number of anilines is 1. The summed E-state index contributed by atoms with van der Waals surface area (Å²) in [5.74, 6) is -1.22. The normalized spacial score (nSPS) is 12.2. The first-order valence-corrected chi connectivity index (χ1v) is 12.2. The average Bonchev–Trinajstić information content (AvgIpc) is 3.32. The van der Waals surface area contributed by atoms with Gasteiger partial charge in [-0.25, -0.2) is 9.78 Å². The van der Waals surface area contributed by atoms with Crippen LogP contribution in [0.3, 0.4) is 0 Å². The van der Waals surface area contributed by atoms with Crippen molar-refractivity contribution in [1.82, 2.24) is 10.3 Å². The van der Waals surface area contributed by atoms with Gasteiger partial charge in [0.25, 0.3) is 11.8 Å². The molecular weight excluding hydrogens is 462 g/mol. The van der Waals surface area contributed by atoms with Crippen molar-refractivity contribution in [2.24, 2.45) is 5.92 Å². The maximum Gasteiger partial charge on any atom is 0.328 e. The predicted octanol–water partition coefficient (Wildman–Crippen LogP) is 5.29. The molecule has 0 aliphatic rings. The van der Waals surface area contributed by atoms with Gasteiger partial charge in [0.15, 0.2) is 5.01 Å². The molecule has 3 rings (SSSR count). The molecule has 0 aliphatic heterocycles. The van der Waals surface area contributed by atoms with E-state index in [0.29, 0.717) is 16.9 Å². The number of carbonyl (C=O) groups excluding carboxylic acids is 3. The van der Waals surface area contributed by atoms with Crippen molar-refractivity contribution in [3.63, 3.8) is 0 Å². The molecule has 3 aromatic rings. The maximum atomic E-state index is 12.6. The summed E-state index contributed by atoms with van der Waals surface area (Å²) in [4.78, 5) is 41.5. The molecule has 0 aliphatic carbocycles. The molecule has 0 fully saturated rings. The highest BCUT2D eigenvalue weighted by atomic mass is 32.1. The Morgan fingerprint density at radius 1 is 0.943 bits per heavy atom. The third-order valence-corrected chi connectivity index (χ3v) is 6.40. The van der Waals surface area contributed by atoms with Gasteiger partial charge in [0, 0.05) is 22.2 Å². The molecule has 0 bridgehead atoms. The Balaban J connectivity index is 1.66. The number of hydrogen-bond donors (Lipinski definition) is 2. The second-order valence-corrected chi connectivity index (χ2v) is 10.5. The highest BCUT2D eigenvalue weighted by Gasteiger charge is 2.26. The minimum Gasteiger partial charge on any atom is -0.467 e. The van der Waals surface area contributed by atoms with Crippen LogP contribution in [0.1, 0.15) is 60.3 Å². The minimum atomic E-state index is -0.743. The van der Waals surface area contributed by atoms with Gasteiger partial charge in [0.2, 0.25) is 0 Å². The third-order valence-electron chi connectivity index (χ3n) is 5.56. The second kappa shape index (κ2) is 10.8. The largest absolute Gasteiger partial charge is 0.467 e. The number of thiazole rings is 1. The van der Waals surface area contributed by atoms with Gasteiger partial charge < -0.3 is 15.4 Å². The van der Waals surface area contributed by atoms with Gasteiger partial charge in [-0.2, -0.15) is 0 Å². The highest BCUT2D eigenvalue weighted by molar-refractivity contribution is 7.12. The Morgan fingerprint density at radius 2 is 1.57 bits per heavy atom. The maximum absolute atomic E-state index is 12.6. The molecule has 0 radical (unpaired) electrons. The van der Waals surface area contributed by atoms with Crippen molar-refractivity contribution in [2.75, 3.05) is 12.4 Å². The molecule has 1 heterocycles. The van der Waals surface area contributed by atoms with Crippen LogP contribution < -0.4 is 10.6 Å². The zero-order valence-electron chi connectivity index (χ0n) is 20.8. The van der Waals surface area contributed by atoms with Crippen molar-refractivity contribution in [1.29, 1.82) is 0 Å². The van der Waals surface area contributed by atoms with E-state index in [-0.39, 0.29) is 22.2 Å². The van der Waals surface area contributed by atoms with Gasteiger partial charge in [0.05, 0.1) is 12.8 Å². The lowest BCUT2D eigenvalue weighted by atomic mass is 9.87. The smallest absolute Gasteiger partial charge is 0.328 e. The number of nitrogens with zero attached hydrogens (tertiary/aromatic N) is 1. The fourth-order valence-corrected chi connectivity index (χ4v) is 4.12. The van der Waals surface area contributed by atoms with E-state index in [1.807, 2.05) is 50.2 Å². The molecular formula is C27H31N3O4S. The van der Waals surface area contributed by atoms with Crippen LogP contribution in [0.2, 0.25) is 0 Å². The Morgan fingerprint density at radius 3 is 2.11 bits per heavy atom. The van der Waals surface area contributed by atoms with Gasteiger partial charge >= 0.3 is 5.97 Å². The van der Waals surface area contributed by atoms with Crippen molar-refractivity contribution in [3.8, 4) is 11.3 Å². The molecule has 1 atom stereocenters. The van der Waals surface area contributed by atoms with Crippen LogP contribution in [0, 0.1) is 5.92 Å². The molecule has 8 heteroatoms. The zero-order valence-corrected chi connectivity index (χ0v) is 21.7. The van der Waals surface area contributed by atoms with E-state index < -0.39 is 17.9 Å². The number of ether oxygens (including phenoxy) is 1. The van der Waals surface area contributed by atoms with E-state index in [9.17, 15) is 14.4 Å². The summed E-state index contributed by atoms with van der Waals surface area (Å²) in [6.45, 7) is 10.1. The Hall–Kier alpha value is -3.52. The molecule has 0 saturated carbocycles. The number of hydrogen-bond acceptors (Lipinski definition) is 6. The first-order chi connectivity index (χ1) is 16.5. The Kier molecular flexibility index (Phi) is 8.07. The lowest BCUT2D eigenvalue weighted by molar-refractivity contribution is -0.144. The summed E-state index contributed by atoms with van der Waals surface area (Å²) >= 11 is 1.20. The van der Waals surface area contributed by atoms with Crippen LogP contribution in [-0.2, 0) is 14.9 Å². The van der Waals surface area contributed by atoms with E-state index in [0.717, 1.165) is 5.56 Å². The molecule has 2 amide bonds. The lowest BCUT2D eigenvalue weighted by Crippen LogP contribution is -2.45. The molecule has 2 aromatic carbocycles. The summed E-state index contributed by atoms with van der Waals surface area (Å²) in [6.07, 6.45) is 0. The van der Waals surface area contributed by atoms with Gasteiger partial charge in [-0.1, -0.05) is 58.9 Å². The van der Waals surface area contributed by atoms with Gasteiger partial charge in [0.1, 0.15) is 6.04 Å². The summed E-state index contributed by atoms with van der Waals surface area (Å²) in [7, 11) is 1.29. The summed E-state index contributed by atoms with van der Waals surface area (Å²) in [6, 6.07) is 14.1. The molecule has 2 N–H and O–H groups in total. The van der Waals surface area contributed by atoms with Crippen LogP contribution in [-0.4, -0.2) is 35.9 Å². The summed E-state index contributed by atoms with van der Waals surface area (Å²) < 4.78 is 4.77. The number of nitrogens with one attached hydrogen (secondary N) is 2. The average molecular weight is 494 g/mol. The van der Waals surface area contributed by atoms with Crippen molar-refractivity contribution in [3.05, 3.63) is 70.0 Å². The first kappa shape index (κ1) is 26.1. The second-order valence-electron chi connectivity index (χ2n) is 9.62. The van der Waals surface area contributed by atoms with Crippen LogP contribution >= 0.6 is 11.3 Å². The van der Waals surface area contributed by atoms with Crippen molar-refractivity contribution < 1.29 is 19.1 Å². The molecule has 0 saturated heterocycles. The van der Waals surface area contributed by atoms with Gasteiger partial charge in [-0.15, -0.1) is 11.3 Å². The molecule has 0 spiro atoms. The fraction of sp³-hybridized carbons (Fsp3) is 0.333. The Bertz CT molecular complexity index is 1190. The highest BCUT2D eigenvalue weighted by Crippen LogP contribution is 2.25.